The standard InChI is InChI=1S/C5H5.C5H4.Fe.Sb/c2*1-2-4-5-3-1;;/h1-5H;1-4H;;/q2*-1;+2;. The van der Waals surface area contributed by atoms with Crippen LogP contribution in [0.3, 0.4) is 0 Å². The molecule has 0 nitrogen and oxygen atoms in total. The van der Waals surface area contributed by atoms with Crippen LogP contribution in [0.1, 0.15) is 0 Å². The monoisotopic (exact) mass is 306 g/mol. The van der Waals surface area contributed by atoms with E-state index in [9.17, 15) is 0 Å². The molecule has 2 radical (unpaired) electrons. The first kappa shape index (κ1) is 12.0. The molecule has 0 saturated heterocycles. The van der Waals surface area contributed by atoms with E-state index in [1.165, 1.54) is 3.51 Å². The molecule has 2 aromatic rings. The van der Waals surface area contributed by atoms with Crippen molar-refractivity contribution in [2.24, 2.45) is 0 Å². The molecule has 62 valence electrons. The molecule has 0 fully saturated rings. The van der Waals surface area contributed by atoms with E-state index in [2.05, 4.69) is 12.1 Å². The van der Waals surface area contributed by atoms with Crippen molar-refractivity contribution in [3.8, 4) is 0 Å². The van der Waals surface area contributed by atoms with Gasteiger partial charge in [0.2, 0.25) is 0 Å². The van der Waals surface area contributed by atoms with Crippen molar-refractivity contribution in [3.63, 3.8) is 0 Å². The van der Waals surface area contributed by atoms with E-state index in [1.807, 2.05) is 42.5 Å². The molecule has 2 heteroatoms. The third-order valence-electron chi connectivity index (χ3n) is 1.20. The van der Waals surface area contributed by atoms with Crippen LogP contribution in [0.25, 0.3) is 0 Å². The van der Waals surface area contributed by atoms with Gasteiger partial charge in [0.25, 0.3) is 0 Å². The third-order valence-corrected chi connectivity index (χ3v) is 2.05. The Kier molecular flexibility index (Phi) is 7.70. The summed E-state index contributed by atoms with van der Waals surface area (Å²) in [7, 11) is 0. The number of hydrogen-bond donors (Lipinski definition) is 0. The van der Waals surface area contributed by atoms with E-state index in [-0.39, 0.29) is 17.1 Å². The van der Waals surface area contributed by atoms with Crippen molar-refractivity contribution in [3.05, 3.63) is 54.6 Å². The van der Waals surface area contributed by atoms with Crippen LogP contribution in [0.15, 0.2) is 54.6 Å². The van der Waals surface area contributed by atoms with Gasteiger partial charge in [0, 0.05) is 0 Å². The van der Waals surface area contributed by atoms with E-state index in [0.29, 0.717) is 0 Å². The van der Waals surface area contributed by atoms with Gasteiger partial charge in [-0.15, -0.1) is 0 Å². The molecule has 0 spiro atoms. The normalized spacial score (nSPS) is 7.75. The molecule has 0 N–H and O–H groups in total. The summed E-state index contributed by atoms with van der Waals surface area (Å²) in [5.41, 5.74) is 0. The topological polar surface area (TPSA) is 0 Å². The molecule has 0 aliphatic rings. The quantitative estimate of drug-likeness (QED) is 0.512. The summed E-state index contributed by atoms with van der Waals surface area (Å²) in [6.45, 7) is 0. The summed E-state index contributed by atoms with van der Waals surface area (Å²) in [5, 5.41) is 0. The second kappa shape index (κ2) is 7.67. The van der Waals surface area contributed by atoms with Gasteiger partial charge in [0.1, 0.15) is 0 Å². The van der Waals surface area contributed by atoms with Crippen LogP contribution in [0.4, 0.5) is 0 Å². The van der Waals surface area contributed by atoms with Crippen LogP contribution in [0.2, 0.25) is 0 Å². The van der Waals surface area contributed by atoms with Gasteiger partial charge in [-0.05, 0) is 0 Å². The molecule has 2 aromatic carbocycles. The number of rotatable bonds is 0. The summed E-state index contributed by atoms with van der Waals surface area (Å²) in [6.07, 6.45) is 0. The summed E-state index contributed by atoms with van der Waals surface area (Å²) in [6, 6.07) is 18.3. The smallest absolute Gasteiger partial charge is 0.172 e. The fourth-order valence-electron chi connectivity index (χ4n) is 0.685. The van der Waals surface area contributed by atoms with Gasteiger partial charge < -0.3 is 0 Å². The molecule has 0 bridgehead atoms. The molecule has 0 aromatic heterocycles. The van der Waals surface area contributed by atoms with Crippen molar-refractivity contribution < 1.29 is 17.1 Å². The molecule has 0 aliphatic carbocycles. The maximum atomic E-state index is 2.11. The van der Waals surface area contributed by atoms with Gasteiger partial charge in [0.15, 0.2) is 0 Å². The summed E-state index contributed by atoms with van der Waals surface area (Å²) < 4.78 is 1.39. The Bertz CT molecular complexity index is 228. The van der Waals surface area contributed by atoms with Crippen molar-refractivity contribution in [1.82, 2.24) is 0 Å². The predicted octanol–water partition coefficient (Wildman–Crippen LogP) is 1.60. The van der Waals surface area contributed by atoms with Crippen LogP contribution in [-0.2, 0) is 17.1 Å². The second-order valence-corrected chi connectivity index (χ2v) is 3.58. The fraction of sp³-hybridized carbons (Fsp3) is 0. The molecule has 0 amide bonds. The Morgan fingerprint density at radius 1 is 0.917 bits per heavy atom. The average Bonchev–Trinajstić information content (AvgIpc) is 2.57. The van der Waals surface area contributed by atoms with E-state index in [4.69, 9.17) is 0 Å². The average molecular weight is 307 g/mol. The van der Waals surface area contributed by atoms with Gasteiger partial charge >= 0.3 is 67.9 Å². The zero-order valence-corrected chi connectivity index (χ0v) is 10.2. The van der Waals surface area contributed by atoms with Crippen LogP contribution in [-0.4, -0.2) is 23.0 Å². The Balaban J connectivity index is 0.000000189. The summed E-state index contributed by atoms with van der Waals surface area (Å²) >= 11 is 1.76. The largest absolute Gasteiger partial charge is 0.214 e. The van der Waals surface area contributed by atoms with Gasteiger partial charge in [-0.3, -0.25) is 0 Å². The number of hydrogen-bond acceptors (Lipinski definition) is 0. The molecule has 0 saturated carbocycles. The second-order valence-electron chi connectivity index (χ2n) is 2.11. The van der Waals surface area contributed by atoms with Gasteiger partial charge in [-0.25, -0.2) is 12.1 Å². The van der Waals surface area contributed by atoms with Crippen molar-refractivity contribution in [2.75, 3.05) is 0 Å². The Hall–Kier alpha value is 0.0377. The molecule has 0 aliphatic heterocycles. The van der Waals surface area contributed by atoms with Gasteiger partial charge in [-0.2, -0.15) is 18.2 Å². The minimum atomic E-state index is 0. The first-order valence-corrected chi connectivity index (χ1v) is 4.74. The Morgan fingerprint density at radius 2 is 1.42 bits per heavy atom. The maximum Gasteiger partial charge on any atom is -0.172 e. The van der Waals surface area contributed by atoms with Crippen LogP contribution >= 0.6 is 0 Å². The maximum absolute atomic E-state index is 2.11. The van der Waals surface area contributed by atoms with Crippen LogP contribution in [0.5, 0.6) is 0 Å². The molecule has 0 unspecified atom stereocenters. The van der Waals surface area contributed by atoms with E-state index in [0.717, 1.165) is 0 Å². The first-order chi connectivity index (χ1) is 5.39. The Morgan fingerprint density at radius 3 is 1.58 bits per heavy atom. The molecule has 12 heavy (non-hydrogen) atoms. The van der Waals surface area contributed by atoms with Crippen LogP contribution < -0.4 is 3.51 Å². The van der Waals surface area contributed by atoms with E-state index < -0.39 is 0 Å². The zero-order valence-electron chi connectivity index (χ0n) is 6.50. The molecule has 0 atom stereocenters. The minimum absolute atomic E-state index is 0. The molecule has 2 rings (SSSR count). The molecule has 0 heterocycles. The third kappa shape index (κ3) is 5.66. The van der Waals surface area contributed by atoms with E-state index >= 15 is 0 Å². The Labute approximate surface area is 97.7 Å². The molecular formula is C10H9FeSb. The van der Waals surface area contributed by atoms with Gasteiger partial charge in [0.05, 0.1) is 0 Å². The summed E-state index contributed by atoms with van der Waals surface area (Å²) in [5.74, 6) is 0. The van der Waals surface area contributed by atoms with Crippen molar-refractivity contribution >= 4 is 26.5 Å². The van der Waals surface area contributed by atoms with Crippen molar-refractivity contribution in [2.45, 2.75) is 0 Å². The predicted molar refractivity (Wildman–Crippen MR) is 49.5 cm³/mol. The van der Waals surface area contributed by atoms with Gasteiger partial charge in [-0.1, -0.05) is 0 Å². The van der Waals surface area contributed by atoms with Crippen LogP contribution in [0, 0.1) is 0 Å². The fourth-order valence-corrected chi connectivity index (χ4v) is 1.18. The zero-order chi connectivity index (χ0) is 7.94. The van der Waals surface area contributed by atoms with Crippen molar-refractivity contribution in [1.29, 1.82) is 0 Å². The SMILES string of the molecule is [Fe+2].[Sb][c-]1cccc1.c1cc[cH-]c1. The minimum Gasteiger partial charge on any atom is -0.214 e. The van der Waals surface area contributed by atoms with E-state index in [1.54, 1.807) is 23.0 Å². The molecular weight excluding hydrogens is 298 g/mol. The summed E-state index contributed by atoms with van der Waals surface area (Å²) in [4.78, 5) is 0. The first-order valence-electron chi connectivity index (χ1n) is 3.47.